The fourth-order valence-electron chi connectivity index (χ4n) is 2.21. The van der Waals surface area contributed by atoms with Gasteiger partial charge in [-0.15, -0.1) is 0 Å². The molecule has 20 heavy (non-hydrogen) atoms. The molecule has 5 unspecified atom stereocenters. The third-order valence-electron chi connectivity index (χ3n) is 3.32. The molecule has 0 aromatic carbocycles. The van der Waals surface area contributed by atoms with Crippen molar-refractivity contribution in [2.45, 2.75) is 30.7 Å². The van der Waals surface area contributed by atoms with E-state index in [9.17, 15) is 15.0 Å². The van der Waals surface area contributed by atoms with E-state index in [0.717, 1.165) is 4.90 Å². The molecule has 0 spiro atoms. The Labute approximate surface area is 115 Å². The Kier molecular flexibility index (Phi) is 4.58. The third kappa shape index (κ3) is 2.64. The fraction of sp³-hybridized carbons (Fsp3) is 0.727. The summed E-state index contributed by atoms with van der Waals surface area (Å²) in [5.74, 6) is 0. The van der Waals surface area contributed by atoms with Crippen molar-refractivity contribution in [3.8, 4) is 0 Å². The first-order valence-electron chi connectivity index (χ1n) is 6.16. The van der Waals surface area contributed by atoms with Gasteiger partial charge in [-0.25, -0.2) is 4.79 Å². The van der Waals surface area contributed by atoms with Gasteiger partial charge in [-0.1, -0.05) is 0 Å². The normalized spacial score (nSPS) is 37.9. The van der Waals surface area contributed by atoms with E-state index in [4.69, 9.17) is 20.3 Å². The topological polar surface area (TPSA) is 138 Å². The summed E-state index contributed by atoms with van der Waals surface area (Å²) >= 11 is 0. The molecule has 2 aliphatic heterocycles. The van der Waals surface area contributed by atoms with Crippen LogP contribution in [0.2, 0.25) is 0 Å². The van der Waals surface area contributed by atoms with Crippen LogP contribution in [0.15, 0.2) is 11.8 Å². The molecule has 0 aliphatic carbocycles. The highest BCUT2D eigenvalue weighted by Crippen LogP contribution is 2.26. The zero-order valence-corrected chi connectivity index (χ0v) is 11.0. The number of nitrogens with two attached hydrogens (primary N) is 1. The molecule has 0 saturated carbocycles. The maximum Gasteiger partial charge on any atom is 0.325 e. The predicted molar refractivity (Wildman–Crippen MR) is 66.1 cm³/mol. The number of aliphatic hydroxyl groups excluding tert-OH is 3. The molecule has 114 valence electrons. The van der Waals surface area contributed by atoms with Gasteiger partial charge in [-0.05, 0) is 0 Å². The first kappa shape index (κ1) is 15.2. The SMILES string of the molecule is COCC1=CN(C2OC(CO)C(O)C2O)C(=O)NC1N. The summed E-state index contributed by atoms with van der Waals surface area (Å²) in [6.07, 6.45) is -3.90. The summed E-state index contributed by atoms with van der Waals surface area (Å²) in [6.45, 7) is -0.259. The lowest BCUT2D eigenvalue weighted by molar-refractivity contribution is -0.0667. The highest BCUT2D eigenvalue weighted by atomic mass is 16.6. The number of nitrogens with zero attached hydrogens (tertiary/aromatic N) is 1. The van der Waals surface area contributed by atoms with Crippen molar-refractivity contribution in [2.75, 3.05) is 20.3 Å². The Hall–Kier alpha value is -1.23. The first-order chi connectivity index (χ1) is 9.49. The number of carbonyl (C=O) groups excluding carboxylic acids is 1. The Morgan fingerprint density at radius 2 is 2.20 bits per heavy atom. The number of hydrogen-bond acceptors (Lipinski definition) is 7. The van der Waals surface area contributed by atoms with Gasteiger partial charge < -0.3 is 35.8 Å². The zero-order valence-electron chi connectivity index (χ0n) is 11.0. The number of carbonyl (C=O) groups is 1. The largest absolute Gasteiger partial charge is 0.394 e. The van der Waals surface area contributed by atoms with E-state index in [1.54, 1.807) is 0 Å². The molecule has 9 heteroatoms. The number of amides is 2. The minimum atomic E-state index is -1.33. The second-order valence-electron chi connectivity index (χ2n) is 4.70. The van der Waals surface area contributed by atoms with Crippen LogP contribution in [-0.4, -0.2) is 77.3 Å². The Bertz CT molecular complexity index is 404. The third-order valence-corrected chi connectivity index (χ3v) is 3.32. The number of ether oxygens (including phenoxy) is 2. The highest BCUT2D eigenvalue weighted by molar-refractivity contribution is 5.78. The molecule has 2 heterocycles. The van der Waals surface area contributed by atoms with Crippen LogP contribution < -0.4 is 11.1 Å². The van der Waals surface area contributed by atoms with Gasteiger partial charge in [-0.2, -0.15) is 0 Å². The van der Waals surface area contributed by atoms with Gasteiger partial charge in [-0.3, -0.25) is 4.90 Å². The average Bonchev–Trinajstić information content (AvgIpc) is 2.70. The van der Waals surface area contributed by atoms with E-state index in [0.29, 0.717) is 5.57 Å². The minimum Gasteiger partial charge on any atom is -0.394 e. The summed E-state index contributed by atoms with van der Waals surface area (Å²) in [5, 5.41) is 31.1. The van der Waals surface area contributed by atoms with Crippen LogP contribution in [0, 0.1) is 0 Å². The second-order valence-corrected chi connectivity index (χ2v) is 4.70. The molecule has 0 radical (unpaired) electrons. The summed E-state index contributed by atoms with van der Waals surface area (Å²) in [5.41, 5.74) is 6.32. The van der Waals surface area contributed by atoms with E-state index < -0.39 is 43.3 Å². The zero-order chi connectivity index (χ0) is 14.9. The van der Waals surface area contributed by atoms with Gasteiger partial charge in [0, 0.05) is 18.9 Å². The summed E-state index contributed by atoms with van der Waals surface area (Å²) in [4.78, 5) is 13.0. The lowest BCUT2D eigenvalue weighted by Gasteiger charge is -2.34. The fourth-order valence-corrected chi connectivity index (χ4v) is 2.21. The van der Waals surface area contributed by atoms with Crippen molar-refractivity contribution in [2.24, 2.45) is 5.73 Å². The van der Waals surface area contributed by atoms with E-state index in [2.05, 4.69) is 5.32 Å². The van der Waals surface area contributed by atoms with E-state index in [-0.39, 0.29) is 6.61 Å². The van der Waals surface area contributed by atoms with Crippen LogP contribution in [0.3, 0.4) is 0 Å². The van der Waals surface area contributed by atoms with Crippen molar-refractivity contribution < 1.29 is 29.6 Å². The van der Waals surface area contributed by atoms with Crippen LogP contribution >= 0.6 is 0 Å². The van der Waals surface area contributed by atoms with Crippen molar-refractivity contribution >= 4 is 6.03 Å². The predicted octanol–water partition coefficient (Wildman–Crippen LogP) is -2.73. The van der Waals surface area contributed by atoms with Gasteiger partial charge in [0.05, 0.1) is 13.2 Å². The van der Waals surface area contributed by atoms with E-state index in [1.165, 1.54) is 13.3 Å². The maximum absolute atomic E-state index is 11.9. The quantitative estimate of drug-likeness (QED) is 0.379. The summed E-state index contributed by atoms with van der Waals surface area (Å²) < 4.78 is 10.3. The van der Waals surface area contributed by atoms with E-state index in [1.807, 2.05) is 0 Å². The van der Waals surface area contributed by atoms with Gasteiger partial charge in [0.25, 0.3) is 0 Å². The summed E-state index contributed by atoms with van der Waals surface area (Å²) in [6, 6.07) is -0.563. The number of aliphatic hydroxyl groups is 3. The molecule has 1 fully saturated rings. The van der Waals surface area contributed by atoms with Crippen LogP contribution in [-0.2, 0) is 9.47 Å². The highest BCUT2D eigenvalue weighted by Gasteiger charge is 2.47. The average molecular weight is 289 g/mol. The Balaban J connectivity index is 2.20. The Morgan fingerprint density at radius 3 is 2.75 bits per heavy atom. The molecule has 9 nitrogen and oxygen atoms in total. The molecule has 0 aromatic heterocycles. The monoisotopic (exact) mass is 289 g/mol. The van der Waals surface area contributed by atoms with Gasteiger partial charge in [0.2, 0.25) is 0 Å². The lowest BCUT2D eigenvalue weighted by Crippen LogP contribution is -2.57. The molecule has 0 bridgehead atoms. The molecule has 2 amide bonds. The first-order valence-corrected chi connectivity index (χ1v) is 6.16. The lowest BCUT2D eigenvalue weighted by atomic mass is 10.1. The number of methoxy groups -OCH3 is 1. The van der Waals surface area contributed by atoms with Crippen LogP contribution in [0.25, 0.3) is 0 Å². The van der Waals surface area contributed by atoms with E-state index >= 15 is 0 Å². The van der Waals surface area contributed by atoms with Gasteiger partial charge >= 0.3 is 6.03 Å². The van der Waals surface area contributed by atoms with Gasteiger partial charge in [0.1, 0.15) is 24.5 Å². The summed E-state index contributed by atoms with van der Waals surface area (Å²) in [7, 11) is 1.49. The molecular formula is C11H19N3O6. The number of urea groups is 1. The minimum absolute atomic E-state index is 0.201. The van der Waals surface area contributed by atoms with Crippen molar-refractivity contribution in [3.63, 3.8) is 0 Å². The van der Waals surface area contributed by atoms with Crippen LogP contribution in [0.4, 0.5) is 4.79 Å². The smallest absolute Gasteiger partial charge is 0.325 e. The van der Waals surface area contributed by atoms with Crippen molar-refractivity contribution in [1.29, 1.82) is 0 Å². The molecule has 6 N–H and O–H groups in total. The number of rotatable bonds is 4. The van der Waals surface area contributed by atoms with Crippen molar-refractivity contribution in [1.82, 2.24) is 10.2 Å². The maximum atomic E-state index is 11.9. The molecule has 5 atom stereocenters. The van der Waals surface area contributed by atoms with Gasteiger partial charge in [0.15, 0.2) is 6.23 Å². The second kappa shape index (κ2) is 6.04. The Morgan fingerprint density at radius 1 is 1.50 bits per heavy atom. The molecule has 1 saturated heterocycles. The molecule has 2 rings (SSSR count). The molecule has 2 aliphatic rings. The van der Waals surface area contributed by atoms with Crippen LogP contribution in [0.5, 0.6) is 0 Å². The van der Waals surface area contributed by atoms with Crippen LogP contribution in [0.1, 0.15) is 0 Å². The standard InChI is InChI=1S/C11H19N3O6/c1-19-4-5-2-14(11(18)13-9(5)12)10-8(17)7(16)6(3-15)20-10/h2,6-10,15-17H,3-4,12H2,1H3,(H,13,18). The number of hydrogen-bond donors (Lipinski definition) is 5. The molecular weight excluding hydrogens is 270 g/mol. The number of nitrogens with one attached hydrogen (secondary N) is 1. The van der Waals surface area contributed by atoms with Crippen molar-refractivity contribution in [3.05, 3.63) is 11.8 Å². The molecule has 0 aromatic rings.